The highest BCUT2D eigenvalue weighted by molar-refractivity contribution is 6.30. The van der Waals surface area contributed by atoms with Crippen molar-refractivity contribution in [2.24, 2.45) is 0 Å². The molecule has 152 valence electrons. The lowest BCUT2D eigenvalue weighted by molar-refractivity contribution is -0.144. The smallest absolute Gasteiger partial charge is 0.329 e. The normalized spacial score (nSPS) is 11.4. The molecular formula is C24H20ClNO4. The summed E-state index contributed by atoms with van der Waals surface area (Å²) in [6.07, 6.45) is 0.243. The number of rotatable bonds is 8. The van der Waals surface area contributed by atoms with Gasteiger partial charge in [-0.15, -0.1) is 0 Å². The van der Waals surface area contributed by atoms with E-state index in [-0.39, 0.29) is 12.2 Å². The molecule has 3 aromatic rings. The number of hydrogen-bond acceptors (Lipinski definition) is 4. The van der Waals surface area contributed by atoms with E-state index in [4.69, 9.17) is 16.3 Å². The van der Waals surface area contributed by atoms with Crippen LogP contribution in [0.15, 0.2) is 84.9 Å². The SMILES string of the molecule is O=C(COC(=O)[C@@H](Cc1ccccc1)NC(=O)c1ccccc1)c1ccc(Cl)cc1. The summed E-state index contributed by atoms with van der Waals surface area (Å²) >= 11 is 5.82. The van der Waals surface area contributed by atoms with E-state index >= 15 is 0 Å². The third-order valence-electron chi connectivity index (χ3n) is 4.42. The van der Waals surface area contributed by atoms with Gasteiger partial charge >= 0.3 is 5.97 Å². The van der Waals surface area contributed by atoms with E-state index < -0.39 is 24.5 Å². The highest BCUT2D eigenvalue weighted by Crippen LogP contribution is 2.11. The van der Waals surface area contributed by atoms with Crippen LogP contribution < -0.4 is 5.32 Å². The van der Waals surface area contributed by atoms with Crippen molar-refractivity contribution in [1.29, 1.82) is 0 Å². The van der Waals surface area contributed by atoms with E-state index in [1.165, 1.54) is 0 Å². The maximum absolute atomic E-state index is 12.7. The zero-order chi connectivity index (χ0) is 21.3. The Hall–Kier alpha value is -3.44. The number of halogens is 1. The van der Waals surface area contributed by atoms with Crippen LogP contribution in [0.1, 0.15) is 26.3 Å². The minimum Gasteiger partial charge on any atom is -0.456 e. The molecule has 0 radical (unpaired) electrons. The maximum Gasteiger partial charge on any atom is 0.329 e. The van der Waals surface area contributed by atoms with E-state index in [0.29, 0.717) is 16.1 Å². The Balaban J connectivity index is 1.68. The zero-order valence-corrected chi connectivity index (χ0v) is 16.8. The number of ether oxygens (including phenoxy) is 1. The molecule has 1 amide bonds. The minimum atomic E-state index is -0.932. The second-order valence-corrected chi connectivity index (χ2v) is 7.06. The van der Waals surface area contributed by atoms with Crippen LogP contribution in [-0.2, 0) is 16.0 Å². The Morgan fingerprint density at radius 3 is 2.03 bits per heavy atom. The summed E-state index contributed by atoms with van der Waals surface area (Å²) in [5.41, 5.74) is 1.68. The Kier molecular flexibility index (Phi) is 7.35. The second-order valence-electron chi connectivity index (χ2n) is 6.62. The predicted molar refractivity (Wildman–Crippen MR) is 115 cm³/mol. The second kappa shape index (κ2) is 10.4. The molecule has 0 spiro atoms. The molecule has 5 nitrogen and oxygen atoms in total. The molecule has 0 bridgehead atoms. The fourth-order valence-corrected chi connectivity index (χ4v) is 2.96. The molecule has 0 saturated carbocycles. The molecule has 1 N–H and O–H groups in total. The van der Waals surface area contributed by atoms with Crippen molar-refractivity contribution in [3.63, 3.8) is 0 Å². The molecule has 0 aliphatic heterocycles. The molecule has 3 aromatic carbocycles. The Bertz CT molecular complexity index is 1000. The summed E-state index contributed by atoms with van der Waals surface area (Å²) in [6, 6.07) is 23.3. The molecule has 3 rings (SSSR count). The zero-order valence-electron chi connectivity index (χ0n) is 16.1. The average Bonchev–Trinajstić information content (AvgIpc) is 2.78. The van der Waals surface area contributed by atoms with Crippen molar-refractivity contribution in [3.8, 4) is 0 Å². The number of ketones is 1. The first kappa shape index (κ1) is 21.3. The van der Waals surface area contributed by atoms with Crippen LogP contribution in [0.3, 0.4) is 0 Å². The van der Waals surface area contributed by atoms with Gasteiger partial charge in [-0.25, -0.2) is 4.79 Å². The summed E-state index contributed by atoms with van der Waals surface area (Å²) in [5.74, 6) is -1.42. The van der Waals surface area contributed by atoms with Gasteiger partial charge in [0.05, 0.1) is 0 Å². The van der Waals surface area contributed by atoms with Crippen LogP contribution in [-0.4, -0.2) is 30.3 Å². The Labute approximate surface area is 179 Å². The largest absolute Gasteiger partial charge is 0.456 e. The van der Waals surface area contributed by atoms with E-state index in [1.54, 1.807) is 54.6 Å². The Morgan fingerprint density at radius 2 is 1.40 bits per heavy atom. The van der Waals surface area contributed by atoms with Crippen molar-refractivity contribution >= 4 is 29.3 Å². The predicted octanol–water partition coefficient (Wildman–Crippen LogP) is 4.11. The fraction of sp³-hybridized carbons (Fsp3) is 0.125. The summed E-state index contributed by atoms with van der Waals surface area (Å²) in [6.45, 7) is -0.424. The number of carbonyl (C=O) groups is 3. The number of Topliss-reactive ketones (excluding diaryl/α,β-unsaturated/α-hetero) is 1. The monoisotopic (exact) mass is 421 g/mol. The molecule has 0 unspecified atom stereocenters. The molecule has 30 heavy (non-hydrogen) atoms. The number of esters is 1. The van der Waals surface area contributed by atoms with Gasteiger partial charge in [-0.1, -0.05) is 60.1 Å². The summed E-state index contributed by atoms with van der Waals surface area (Å²) in [4.78, 5) is 37.5. The number of nitrogens with one attached hydrogen (secondary N) is 1. The van der Waals surface area contributed by atoms with Gasteiger partial charge in [-0.05, 0) is 42.0 Å². The van der Waals surface area contributed by atoms with E-state index in [2.05, 4.69) is 5.32 Å². The van der Waals surface area contributed by atoms with Crippen molar-refractivity contribution in [2.75, 3.05) is 6.61 Å². The van der Waals surface area contributed by atoms with Crippen LogP contribution >= 0.6 is 11.6 Å². The molecule has 0 aliphatic rings. The summed E-state index contributed by atoms with van der Waals surface area (Å²) in [7, 11) is 0. The highest BCUT2D eigenvalue weighted by atomic mass is 35.5. The van der Waals surface area contributed by atoms with Crippen molar-refractivity contribution < 1.29 is 19.1 Å². The van der Waals surface area contributed by atoms with Crippen LogP contribution in [0.4, 0.5) is 0 Å². The molecular weight excluding hydrogens is 402 g/mol. The van der Waals surface area contributed by atoms with Gasteiger partial charge in [0.2, 0.25) is 0 Å². The summed E-state index contributed by atoms with van der Waals surface area (Å²) < 4.78 is 5.22. The van der Waals surface area contributed by atoms with Gasteiger partial charge in [0.15, 0.2) is 12.4 Å². The lowest BCUT2D eigenvalue weighted by Crippen LogP contribution is -2.43. The van der Waals surface area contributed by atoms with E-state index in [9.17, 15) is 14.4 Å². The quantitative estimate of drug-likeness (QED) is 0.439. The topological polar surface area (TPSA) is 72.5 Å². The van der Waals surface area contributed by atoms with Crippen molar-refractivity contribution in [3.05, 3.63) is 107 Å². The first-order valence-corrected chi connectivity index (χ1v) is 9.76. The average molecular weight is 422 g/mol. The molecule has 0 aromatic heterocycles. The molecule has 6 heteroatoms. The van der Waals surface area contributed by atoms with Crippen LogP contribution in [0.2, 0.25) is 5.02 Å². The third kappa shape index (κ3) is 6.03. The third-order valence-corrected chi connectivity index (χ3v) is 4.67. The molecule has 0 heterocycles. The molecule has 0 fully saturated rings. The molecule has 1 atom stereocenters. The van der Waals surface area contributed by atoms with E-state index in [0.717, 1.165) is 5.56 Å². The Morgan fingerprint density at radius 1 is 0.800 bits per heavy atom. The van der Waals surface area contributed by atoms with Crippen LogP contribution in [0.5, 0.6) is 0 Å². The van der Waals surface area contributed by atoms with Gasteiger partial charge in [0.1, 0.15) is 6.04 Å². The minimum absolute atomic E-state index is 0.243. The molecule has 0 saturated heterocycles. The van der Waals surface area contributed by atoms with Gasteiger partial charge < -0.3 is 10.1 Å². The lowest BCUT2D eigenvalue weighted by Gasteiger charge is -2.18. The number of benzene rings is 3. The van der Waals surface area contributed by atoms with Crippen LogP contribution in [0, 0.1) is 0 Å². The van der Waals surface area contributed by atoms with Gasteiger partial charge in [-0.3, -0.25) is 9.59 Å². The maximum atomic E-state index is 12.7. The van der Waals surface area contributed by atoms with Crippen LogP contribution in [0.25, 0.3) is 0 Å². The van der Waals surface area contributed by atoms with Gasteiger partial charge in [0, 0.05) is 22.6 Å². The highest BCUT2D eigenvalue weighted by Gasteiger charge is 2.24. The van der Waals surface area contributed by atoms with Gasteiger partial charge in [0.25, 0.3) is 5.91 Å². The lowest BCUT2D eigenvalue weighted by atomic mass is 10.1. The van der Waals surface area contributed by atoms with Crippen molar-refractivity contribution in [2.45, 2.75) is 12.5 Å². The molecule has 0 aliphatic carbocycles. The first-order valence-electron chi connectivity index (χ1n) is 9.38. The van der Waals surface area contributed by atoms with Crippen molar-refractivity contribution in [1.82, 2.24) is 5.32 Å². The summed E-state index contributed by atoms with van der Waals surface area (Å²) in [5, 5.41) is 3.22. The number of hydrogen-bond donors (Lipinski definition) is 1. The number of amides is 1. The number of carbonyl (C=O) groups excluding carboxylic acids is 3. The van der Waals surface area contributed by atoms with Gasteiger partial charge in [-0.2, -0.15) is 0 Å². The fourth-order valence-electron chi connectivity index (χ4n) is 2.83. The first-order chi connectivity index (χ1) is 14.5. The van der Waals surface area contributed by atoms with E-state index in [1.807, 2.05) is 30.3 Å². The standard InChI is InChI=1S/C24H20ClNO4/c25-20-13-11-18(12-14-20)22(27)16-30-24(29)21(15-17-7-3-1-4-8-17)26-23(28)19-9-5-2-6-10-19/h1-14,21H,15-16H2,(H,26,28)/t21-/m1/s1.